The van der Waals surface area contributed by atoms with Crippen LogP contribution in [0.1, 0.15) is 25.3 Å². The third kappa shape index (κ3) is 1.84. The van der Waals surface area contributed by atoms with Gasteiger partial charge in [-0.1, -0.05) is 37.0 Å². The first-order chi connectivity index (χ1) is 5.95. The number of phenolic OH excluding ortho intramolecular Hbond substituents is 1. The zero-order chi connectivity index (χ0) is 10.2. The van der Waals surface area contributed by atoms with Crippen molar-refractivity contribution in [3.8, 4) is 5.75 Å². The van der Waals surface area contributed by atoms with Crippen molar-refractivity contribution in [2.24, 2.45) is 0 Å². The molecule has 0 saturated heterocycles. The summed E-state index contributed by atoms with van der Waals surface area (Å²) in [5.41, 5.74) is 6.41. The average molecular weight is 220 g/mol. The molecule has 4 heteroatoms. The lowest BCUT2D eigenvalue weighted by Crippen LogP contribution is -1.94. The molecule has 2 nitrogen and oxygen atoms in total. The summed E-state index contributed by atoms with van der Waals surface area (Å²) in [5.74, 6) is 0.0706. The van der Waals surface area contributed by atoms with Gasteiger partial charge in [-0.25, -0.2) is 0 Å². The van der Waals surface area contributed by atoms with E-state index in [4.69, 9.17) is 28.9 Å². The molecule has 13 heavy (non-hydrogen) atoms. The molecule has 0 radical (unpaired) electrons. The molecule has 1 aromatic carbocycles. The molecule has 0 aliphatic rings. The van der Waals surface area contributed by atoms with Gasteiger partial charge < -0.3 is 10.8 Å². The predicted octanol–water partition coefficient (Wildman–Crippen LogP) is 3.40. The van der Waals surface area contributed by atoms with Crippen LogP contribution in [0.4, 0.5) is 5.69 Å². The predicted molar refractivity (Wildman–Crippen MR) is 56.6 cm³/mol. The van der Waals surface area contributed by atoms with Crippen molar-refractivity contribution < 1.29 is 5.11 Å². The molecular formula is C9H11Cl2NO. The lowest BCUT2D eigenvalue weighted by Gasteiger charge is -2.13. The molecule has 1 rings (SSSR count). The number of anilines is 1. The highest BCUT2D eigenvalue weighted by atomic mass is 35.5. The normalized spacial score (nSPS) is 10.8. The van der Waals surface area contributed by atoms with Crippen LogP contribution < -0.4 is 5.73 Å². The molecule has 0 aromatic heterocycles. The van der Waals surface area contributed by atoms with Crippen LogP contribution in [-0.4, -0.2) is 5.11 Å². The van der Waals surface area contributed by atoms with Gasteiger partial charge in [-0.15, -0.1) is 0 Å². The van der Waals surface area contributed by atoms with Crippen LogP contribution in [0.3, 0.4) is 0 Å². The Morgan fingerprint density at radius 1 is 1.38 bits per heavy atom. The molecule has 0 fully saturated rings. The second-order valence-corrected chi connectivity index (χ2v) is 3.96. The molecule has 0 aliphatic heterocycles. The highest BCUT2D eigenvalue weighted by molar-refractivity contribution is 6.37. The number of aromatic hydroxyl groups is 1. The van der Waals surface area contributed by atoms with Crippen LogP contribution in [0.5, 0.6) is 5.75 Å². The van der Waals surface area contributed by atoms with E-state index in [-0.39, 0.29) is 22.4 Å². The Morgan fingerprint density at radius 2 is 1.92 bits per heavy atom. The first-order valence-corrected chi connectivity index (χ1v) is 4.67. The Kier molecular flexibility index (Phi) is 2.94. The van der Waals surface area contributed by atoms with Crippen molar-refractivity contribution in [2.45, 2.75) is 19.8 Å². The summed E-state index contributed by atoms with van der Waals surface area (Å²) in [7, 11) is 0. The lowest BCUT2D eigenvalue weighted by molar-refractivity contribution is 0.477. The molecule has 0 unspecified atom stereocenters. The van der Waals surface area contributed by atoms with Gasteiger partial charge in [-0.05, 0) is 17.5 Å². The summed E-state index contributed by atoms with van der Waals surface area (Å²) in [4.78, 5) is 0. The molecule has 0 heterocycles. The Morgan fingerprint density at radius 3 is 2.38 bits per heavy atom. The standard InChI is InChI=1S/C9H11Cl2NO/c1-4(2)7-5(10)3-6(12)9(13)8(7)11/h3-4,13H,12H2,1-2H3. The molecule has 3 N–H and O–H groups in total. The van der Waals surface area contributed by atoms with Gasteiger partial charge in [-0.3, -0.25) is 0 Å². The maximum absolute atomic E-state index is 9.44. The summed E-state index contributed by atoms with van der Waals surface area (Å²) in [5, 5.41) is 10.2. The van der Waals surface area contributed by atoms with Crippen molar-refractivity contribution in [2.75, 3.05) is 5.73 Å². The summed E-state index contributed by atoms with van der Waals surface area (Å²) in [6.07, 6.45) is 0. The quantitative estimate of drug-likeness (QED) is 0.562. The van der Waals surface area contributed by atoms with E-state index in [9.17, 15) is 5.11 Å². The van der Waals surface area contributed by atoms with E-state index in [1.165, 1.54) is 6.07 Å². The maximum atomic E-state index is 9.44. The van der Waals surface area contributed by atoms with Crippen molar-refractivity contribution in [1.82, 2.24) is 0 Å². The van der Waals surface area contributed by atoms with Crippen LogP contribution in [-0.2, 0) is 0 Å². The fraction of sp³-hybridized carbons (Fsp3) is 0.333. The summed E-state index contributed by atoms with van der Waals surface area (Å²) in [6.45, 7) is 3.89. The molecule has 0 amide bonds. The van der Waals surface area contributed by atoms with Crippen molar-refractivity contribution >= 4 is 28.9 Å². The van der Waals surface area contributed by atoms with Gasteiger partial charge >= 0.3 is 0 Å². The Bertz CT molecular complexity index is 337. The number of rotatable bonds is 1. The SMILES string of the molecule is CC(C)c1c(Cl)cc(N)c(O)c1Cl. The number of halogens is 2. The Labute approximate surface area is 87.3 Å². The minimum Gasteiger partial charge on any atom is -0.504 e. The topological polar surface area (TPSA) is 46.2 Å². The third-order valence-electron chi connectivity index (χ3n) is 1.83. The fourth-order valence-electron chi connectivity index (χ4n) is 1.17. The summed E-state index contributed by atoms with van der Waals surface area (Å²) < 4.78 is 0. The van der Waals surface area contributed by atoms with Crippen LogP contribution in [0, 0.1) is 0 Å². The molecule has 1 aromatic rings. The first kappa shape index (κ1) is 10.5. The van der Waals surface area contributed by atoms with E-state index in [0.717, 1.165) is 5.56 Å². The summed E-state index contributed by atoms with van der Waals surface area (Å²) >= 11 is 11.8. The number of hydrogen-bond acceptors (Lipinski definition) is 2. The van der Waals surface area contributed by atoms with Gasteiger partial charge in [-0.2, -0.15) is 0 Å². The van der Waals surface area contributed by atoms with Crippen LogP contribution in [0.25, 0.3) is 0 Å². The maximum Gasteiger partial charge on any atom is 0.157 e. The molecule has 0 bridgehead atoms. The van der Waals surface area contributed by atoms with Gasteiger partial charge in [0.05, 0.1) is 10.7 Å². The number of benzene rings is 1. The van der Waals surface area contributed by atoms with Crippen LogP contribution in [0.15, 0.2) is 6.07 Å². The third-order valence-corrected chi connectivity index (χ3v) is 2.53. The molecule has 0 atom stereocenters. The van der Waals surface area contributed by atoms with Crippen molar-refractivity contribution in [3.05, 3.63) is 21.7 Å². The van der Waals surface area contributed by atoms with E-state index in [1.807, 2.05) is 13.8 Å². The number of nitrogen functional groups attached to an aromatic ring is 1. The molecule has 0 aliphatic carbocycles. The molecular weight excluding hydrogens is 209 g/mol. The van der Waals surface area contributed by atoms with E-state index in [2.05, 4.69) is 0 Å². The minimum atomic E-state index is -0.0882. The van der Waals surface area contributed by atoms with E-state index >= 15 is 0 Å². The second kappa shape index (κ2) is 3.64. The van der Waals surface area contributed by atoms with Crippen molar-refractivity contribution in [1.29, 1.82) is 0 Å². The number of hydrogen-bond donors (Lipinski definition) is 2. The van der Waals surface area contributed by atoms with Gasteiger partial charge in [0.1, 0.15) is 0 Å². The second-order valence-electron chi connectivity index (χ2n) is 3.18. The molecule has 72 valence electrons. The zero-order valence-corrected chi connectivity index (χ0v) is 8.95. The van der Waals surface area contributed by atoms with Gasteiger partial charge in [0.2, 0.25) is 0 Å². The molecule has 0 spiro atoms. The van der Waals surface area contributed by atoms with Crippen molar-refractivity contribution in [3.63, 3.8) is 0 Å². The largest absolute Gasteiger partial charge is 0.504 e. The number of nitrogens with two attached hydrogens (primary N) is 1. The Balaban J connectivity index is 3.44. The smallest absolute Gasteiger partial charge is 0.157 e. The van der Waals surface area contributed by atoms with Gasteiger partial charge in [0.15, 0.2) is 5.75 Å². The highest BCUT2D eigenvalue weighted by Gasteiger charge is 2.15. The molecule has 0 saturated carbocycles. The van der Waals surface area contributed by atoms with E-state index < -0.39 is 0 Å². The van der Waals surface area contributed by atoms with E-state index in [0.29, 0.717) is 5.02 Å². The van der Waals surface area contributed by atoms with Crippen LogP contribution >= 0.6 is 23.2 Å². The zero-order valence-electron chi connectivity index (χ0n) is 7.44. The highest BCUT2D eigenvalue weighted by Crippen LogP contribution is 2.41. The van der Waals surface area contributed by atoms with Gasteiger partial charge in [0, 0.05) is 5.02 Å². The first-order valence-electron chi connectivity index (χ1n) is 3.91. The number of phenols is 1. The van der Waals surface area contributed by atoms with Crippen LogP contribution in [0.2, 0.25) is 10.0 Å². The average Bonchev–Trinajstić information content (AvgIpc) is 1.99. The fourth-order valence-corrected chi connectivity index (χ4v) is 2.08. The van der Waals surface area contributed by atoms with Gasteiger partial charge in [0.25, 0.3) is 0 Å². The summed E-state index contributed by atoms with van der Waals surface area (Å²) in [6, 6.07) is 1.51. The lowest BCUT2D eigenvalue weighted by atomic mass is 10.0. The minimum absolute atomic E-state index is 0.0882. The monoisotopic (exact) mass is 219 g/mol. The van der Waals surface area contributed by atoms with E-state index in [1.54, 1.807) is 0 Å². The Hall–Kier alpha value is -0.600.